The number of thioether (sulfide) groups is 1. The smallest absolute Gasteiger partial charge is 0.132 e. The van der Waals surface area contributed by atoms with Gasteiger partial charge in [0.05, 0.1) is 7.11 Å². The Labute approximate surface area is 96.4 Å². The van der Waals surface area contributed by atoms with Crippen LogP contribution < -0.4 is 10.1 Å². The Hall–Kier alpha value is -0.670. The number of ether oxygens (including phenoxy) is 1. The van der Waals surface area contributed by atoms with Gasteiger partial charge in [-0.1, -0.05) is 12.1 Å². The van der Waals surface area contributed by atoms with Crippen LogP contribution >= 0.6 is 11.8 Å². The highest BCUT2D eigenvalue weighted by molar-refractivity contribution is 7.99. The summed E-state index contributed by atoms with van der Waals surface area (Å²) in [6.07, 6.45) is 2.47. The van der Waals surface area contributed by atoms with E-state index in [2.05, 4.69) is 17.4 Å². The van der Waals surface area contributed by atoms with Gasteiger partial charge in [-0.05, 0) is 44.3 Å². The van der Waals surface area contributed by atoms with Gasteiger partial charge in [0, 0.05) is 4.90 Å². The first-order chi connectivity index (χ1) is 7.38. The van der Waals surface area contributed by atoms with Crippen molar-refractivity contribution in [2.75, 3.05) is 26.5 Å². The lowest BCUT2D eigenvalue weighted by molar-refractivity contribution is 0.405. The van der Waals surface area contributed by atoms with E-state index in [0.29, 0.717) is 0 Å². The zero-order chi connectivity index (χ0) is 10.9. The topological polar surface area (TPSA) is 21.3 Å². The summed E-state index contributed by atoms with van der Waals surface area (Å²) in [7, 11) is 3.72. The van der Waals surface area contributed by atoms with Gasteiger partial charge in [0.1, 0.15) is 5.75 Å². The Morgan fingerprint density at radius 3 is 2.80 bits per heavy atom. The van der Waals surface area contributed by atoms with Gasteiger partial charge in [0.25, 0.3) is 0 Å². The van der Waals surface area contributed by atoms with Gasteiger partial charge in [-0.2, -0.15) is 0 Å². The Kier molecular flexibility index (Phi) is 6.28. The fourth-order valence-electron chi connectivity index (χ4n) is 1.32. The molecule has 84 valence electrons. The van der Waals surface area contributed by atoms with Gasteiger partial charge in [-0.3, -0.25) is 0 Å². The Bertz CT molecular complexity index is 278. The maximum Gasteiger partial charge on any atom is 0.132 e. The third kappa shape index (κ3) is 4.58. The molecule has 0 bridgehead atoms. The zero-order valence-electron chi connectivity index (χ0n) is 9.45. The van der Waals surface area contributed by atoms with Crippen LogP contribution in [0.5, 0.6) is 5.75 Å². The maximum atomic E-state index is 5.29. The van der Waals surface area contributed by atoms with Crippen molar-refractivity contribution in [3.05, 3.63) is 24.3 Å². The molecule has 1 aromatic carbocycles. The van der Waals surface area contributed by atoms with Crippen LogP contribution in [0.2, 0.25) is 0 Å². The van der Waals surface area contributed by atoms with Crippen molar-refractivity contribution in [3.63, 3.8) is 0 Å². The Morgan fingerprint density at radius 2 is 2.07 bits per heavy atom. The molecule has 0 fully saturated rings. The van der Waals surface area contributed by atoms with E-state index in [0.717, 1.165) is 18.0 Å². The van der Waals surface area contributed by atoms with Gasteiger partial charge >= 0.3 is 0 Å². The van der Waals surface area contributed by atoms with Crippen molar-refractivity contribution in [2.45, 2.75) is 17.7 Å². The molecule has 3 heteroatoms. The summed E-state index contributed by atoms with van der Waals surface area (Å²) in [5.41, 5.74) is 0. The normalized spacial score (nSPS) is 10.3. The predicted octanol–water partition coefficient (Wildman–Crippen LogP) is 2.79. The largest absolute Gasteiger partial charge is 0.496 e. The van der Waals surface area contributed by atoms with E-state index < -0.39 is 0 Å². The van der Waals surface area contributed by atoms with Crippen molar-refractivity contribution < 1.29 is 4.74 Å². The Balaban J connectivity index is 2.30. The summed E-state index contributed by atoms with van der Waals surface area (Å²) in [4.78, 5) is 1.24. The van der Waals surface area contributed by atoms with Crippen molar-refractivity contribution in [2.24, 2.45) is 0 Å². The number of rotatable bonds is 7. The van der Waals surface area contributed by atoms with E-state index in [-0.39, 0.29) is 0 Å². The molecule has 0 saturated heterocycles. The summed E-state index contributed by atoms with van der Waals surface area (Å²) >= 11 is 1.87. The molecule has 0 saturated carbocycles. The van der Waals surface area contributed by atoms with Crippen LogP contribution in [-0.2, 0) is 0 Å². The number of benzene rings is 1. The monoisotopic (exact) mass is 225 g/mol. The maximum absolute atomic E-state index is 5.29. The molecule has 1 rings (SSSR count). The molecular weight excluding hydrogens is 206 g/mol. The summed E-state index contributed by atoms with van der Waals surface area (Å²) in [5.74, 6) is 2.14. The SMILES string of the molecule is CNCCCCSc1ccccc1OC. The predicted molar refractivity (Wildman–Crippen MR) is 66.9 cm³/mol. The minimum absolute atomic E-state index is 0.983. The van der Waals surface area contributed by atoms with E-state index in [4.69, 9.17) is 4.74 Å². The summed E-state index contributed by atoms with van der Waals surface area (Å²) in [5, 5.41) is 3.15. The van der Waals surface area contributed by atoms with E-state index in [1.807, 2.05) is 30.9 Å². The standard InChI is InChI=1S/C12H19NOS/c1-13-9-5-6-10-15-12-8-4-3-7-11(12)14-2/h3-4,7-8,13H,5-6,9-10H2,1-2H3. The molecule has 0 unspecified atom stereocenters. The van der Waals surface area contributed by atoms with Gasteiger partial charge in [0.15, 0.2) is 0 Å². The first kappa shape index (κ1) is 12.4. The number of para-hydroxylation sites is 1. The molecule has 0 aliphatic heterocycles. The third-order valence-electron chi connectivity index (χ3n) is 2.15. The highest BCUT2D eigenvalue weighted by Crippen LogP contribution is 2.29. The zero-order valence-corrected chi connectivity index (χ0v) is 10.3. The quantitative estimate of drug-likeness (QED) is 0.569. The molecule has 0 atom stereocenters. The molecule has 2 nitrogen and oxygen atoms in total. The van der Waals surface area contributed by atoms with Crippen LogP contribution in [0.15, 0.2) is 29.2 Å². The molecule has 0 aliphatic rings. The lowest BCUT2D eigenvalue weighted by Gasteiger charge is -2.07. The number of nitrogens with one attached hydrogen (secondary N) is 1. The van der Waals surface area contributed by atoms with Gasteiger partial charge < -0.3 is 10.1 Å². The van der Waals surface area contributed by atoms with Crippen LogP contribution in [0.25, 0.3) is 0 Å². The number of unbranched alkanes of at least 4 members (excludes halogenated alkanes) is 1. The lowest BCUT2D eigenvalue weighted by Crippen LogP contribution is -2.07. The molecule has 0 amide bonds. The van der Waals surface area contributed by atoms with Crippen molar-refractivity contribution >= 4 is 11.8 Å². The average Bonchev–Trinajstić information content (AvgIpc) is 2.29. The summed E-state index contributed by atoms with van der Waals surface area (Å²) < 4.78 is 5.29. The molecule has 0 heterocycles. The highest BCUT2D eigenvalue weighted by atomic mass is 32.2. The van der Waals surface area contributed by atoms with Crippen molar-refractivity contribution in [1.82, 2.24) is 5.32 Å². The minimum Gasteiger partial charge on any atom is -0.496 e. The van der Waals surface area contributed by atoms with Gasteiger partial charge in [-0.15, -0.1) is 11.8 Å². The van der Waals surface area contributed by atoms with E-state index in [1.54, 1.807) is 7.11 Å². The van der Waals surface area contributed by atoms with E-state index >= 15 is 0 Å². The van der Waals surface area contributed by atoms with Gasteiger partial charge in [-0.25, -0.2) is 0 Å². The number of hydrogen-bond donors (Lipinski definition) is 1. The molecule has 0 aromatic heterocycles. The fourth-order valence-corrected chi connectivity index (χ4v) is 2.36. The lowest BCUT2D eigenvalue weighted by atomic mass is 10.3. The highest BCUT2D eigenvalue weighted by Gasteiger charge is 2.00. The minimum atomic E-state index is 0.983. The molecule has 0 spiro atoms. The molecular formula is C12H19NOS. The van der Waals surface area contributed by atoms with Crippen molar-refractivity contribution in [3.8, 4) is 5.75 Å². The van der Waals surface area contributed by atoms with Crippen molar-refractivity contribution in [1.29, 1.82) is 0 Å². The summed E-state index contributed by atoms with van der Waals surface area (Å²) in [6, 6.07) is 8.18. The van der Waals surface area contributed by atoms with Crippen LogP contribution in [0.3, 0.4) is 0 Å². The van der Waals surface area contributed by atoms with Crippen LogP contribution in [0.4, 0.5) is 0 Å². The fraction of sp³-hybridized carbons (Fsp3) is 0.500. The second kappa shape index (κ2) is 7.60. The van der Waals surface area contributed by atoms with Crippen LogP contribution in [0.1, 0.15) is 12.8 Å². The molecule has 15 heavy (non-hydrogen) atoms. The second-order valence-corrected chi connectivity index (χ2v) is 4.45. The molecule has 1 aromatic rings. The summed E-state index contributed by atoms with van der Waals surface area (Å²) in [6.45, 7) is 1.10. The number of hydrogen-bond acceptors (Lipinski definition) is 3. The van der Waals surface area contributed by atoms with E-state index in [9.17, 15) is 0 Å². The average molecular weight is 225 g/mol. The molecule has 0 radical (unpaired) electrons. The first-order valence-corrected chi connectivity index (χ1v) is 6.27. The van der Waals surface area contributed by atoms with Crippen LogP contribution in [0, 0.1) is 0 Å². The van der Waals surface area contributed by atoms with Crippen LogP contribution in [-0.4, -0.2) is 26.5 Å². The molecule has 1 N–H and O–H groups in total. The first-order valence-electron chi connectivity index (χ1n) is 5.29. The van der Waals surface area contributed by atoms with Gasteiger partial charge in [0.2, 0.25) is 0 Å². The second-order valence-electron chi connectivity index (χ2n) is 3.31. The Morgan fingerprint density at radius 1 is 1.27 bits per heavy atom. The van der Waals surface area contributed by atoms with E-state index in [1.165, 1.54) is 17.7 Å². The molecule has 0 aliphatic carbocycles. The number of methoxy groups -OCH3 is 1. The third-order valence-corrected chi connectivity index (χ3v) is 3.29.